The summed E-state index contributed by atoms with van der Waals surface area (Å²) >= 11 is 3.45. The van der Waals surface area contributed by atoms with Crippen LogP contribution >= 0.6 is 15.9 Å². The summed E-state index contributed by atoms with van der Waals surface area (Å²) in [7, 11) is 4.11. The molecule has 0 spiro atoms. The molecule has 16 heavy (non-hydrogen) atoms. The van der Waals surface area contributed by atoms with Crippen LogP contribution in [0.25, 0.3) is 10.9 Å². The molecule has 2 aromatic rings. The number of para-hydroxylation sites is 1. The number of hydrogen-bond donors (Lipinski definition) is 0. The molecular weight excluding hydrogens is 266 g/mol. The zero-order valence-corrected chi connectivity index (χ0v) is 11.2. The van der Waals surface area contributed by atoms with Crippen LogP contribution < -0.4 is 0 Å². The van der Waals surface area contributed by atoms with Crippen molar-refractivity contribution >= 4 is 26.8 Å². The van der Waals surface area contributed by atoms with Gasteiger partial charge in [-0.3, -0.25) is 9.58 Å². The van der Waals surface area contributed by atoms with Crippen LogP contribution in [0.1, 0.15) is 5.69 Å². The van der Waals surface area contributed by atoms with Gasteiger partial charge in [-0.15, -0.1) is 0 Å². The molecule has 0 atom stereocenters. The second-order valence-corrected chi connectivity index (χ2v) is 4.81. The number of aryl methyl sites for hydroxylation is 1. The highest BCUT2D eigenvalue weighted by Crippen LogP contribution is 2.18. The highest BCUT2D eigenvalue weighted by molar-refractivity contribution is 9.09. The Hall–Kier alpha value is -0.870. The van der Waals surface area contributed by atoms with Gasteiger partial charge in [0.1, 0.15) is 0 Å². The first-order valence-corrected chi connectivity index (χ1v) is 6.49. The molecular formula is C12H16BrN3. The third-order valence-electron chi connectivity index (χ3n) is 2.72. The topological polar surface area (TPSA) is 21.1 Å². The van der Waals surface area contributed by atoms with Crippen molar-refractivity contribution in [2.24, 2.45) is 7.05 Å². The van der Waals surface area contributed by atoms with Gasteiger partial charge < -0.3 is 0 Å². The second kappa shape index (κ2) is 4.97. The zero-order valence-electron chi connectivity index (χ0n) is 9.65. The number of benzene rings is 1. The first kappa shape index (κ1) is 11.6. The Morgan fingerprint density at radius 2 is 2.12 bits per heavy atom. The summed E-state index contributed by atoms with van der Waals surface area (Å²) in [5.74, 6) is 0. The van der Waals surface area contributed by atoms with Crippen LogP contribution in [0.15, 0.2) is 24.3 Å². The zero-order chi connectivity index (χ0) is 11.5. The molecule has 1 aromatic carbocycles. The lowest BCUT2D eigenvalue weighted by Gasteiger charge is -2.12. The molecule has 3 nitrogen and oxygen atoms in total. The minimum atomic E-state index is 0.896. The highest BCUT2D eigenvalue weighted by Gasteiger charge is 2.09. The van der Waals surface area contributed by atoms with Crippen LogP contribution in [0.4, 0.5) is 0 Å². The molecule has 0 N–H and O–H groups in total. The van der Waals surface area contributed by atoms with E-state index in [0.29, 0.717) is 0 Å². The Kier molecular flexibility index (Phi) is 3.61. The Morgan fingerprint density at radius 3 is 2.88 bits per heavy atom. The number of hydrogen-bond acceptors (Lipinski definition) is 2. The van der Waals surface area contributed by atoms with Gasteiger partial charge in [0.25, 0.3) is 0 Å². The molecule has 1 heterocycles. The number of aromatic nitrogens is 2. The summed E-state index contributed by atoms with van der Waals surface area (Å²) in [6.45, 7) is 1.93. The number of alkyl halides is 1. The lowest BCUT2D eigenvalue weighted by molar-refractivity contribution is 0.345. The van der Waals surface area contributed by atoms with E-state index in [1.165, 1.54) is 10.9 Å². The molecule has 0 saturated carbocycles. The normalized spacial score (nSPS) is 11.5. The van der Waals surface area contributed by atoms with Crippen molar-refractivity contribution < 1.29 is 0 Å². The molecule has 0 bridgehead atoms. The van der Waals surface area contributed by atoms with Gasteiger partial charge in [0.2, 0.25) is 0 Å². The van der Waals surface area contributed by atoms with E-state index in [-0.39, 0.29) is 0 Å². The standard InChI is InChI=1S/C12H16BrN3/c1-15(8-7-13)9-11-10-5-3-4-6-12(10)16(2)14-11/h3-6H,7-9H2,1-2H3. The summed E-state index contributed by atoms with van der Waals surface area (Å²) in [5, 5.41) is 6.82. The molecule has 86 valence electrons. The van der Waals surface area contributed by atoms with Crippen LogP contribution in [0.5, 0.6) is 0 Å². The summed E-state index contributed by atoms with van der Waals surface area (Å²) < 4.78 is 1.95. The predicted octanol–water partition coefficient (Wildman–Crippen LogP) is 2.40. The van der Waals surface area contributed by atoms with E-state index in [9.17, 15) is 0 Å². The molecule has 0 aliphatic carbocycles. The van der Waals surface area contributed by atoms with Gasteiger partial charge in [-0.1, -0.05) is 34.1 Å². The summed E-state index contributed by atoms with van der Waals surface area (Å²) in [6.07, 6.45) is 0. The molecule has 0 amide bonds. The Morgan fingerprint density at radius 1 is 1.38 bits per heavy atom. The molecule has 2 rings (SSSR count). The fraction of sp³-hybridized carbons (Fsp3) is 0.417. The summed E-state index contributed by atoms with van der Waals surface area (Å²) in [5.41, 5.74) is 2.35. The van der Waals surface area contributed by atoms with Crippen LogP contribution in [-0.4, -0.2) is 33.6 Å². The summed E-state index contributed by atoms with van der Waals surface area (Å²) in [4.78, 5) is 2.27. The maximum Gasteiger partial charge on any atom is 0.0843 e. The highest BCUT2D eigenvalue weighted by atomic mass is 79.9. The number of halogens is 1. The first-order chi connectivity index (χ1) is 7.72. The Labute approximate surface area is 104 Å². The fourth-order valence-electron chi connectivity index (χ4n) is 1.88. The van der Waals surface area contributed by atoms with Crippen molar-refractivity contribution in [1.82, 2.24) is 14.7 Å². The van der Waals surface area contributed by atoms with Crippen LogP contribution in [-0.2, 0) is 13.6 Å². The molecule has 0 aliphatic rings. The summed E-state index contributed by atoms with van der Waals surface area (Å²) in [6, 6.07) is 8.37. The van der Waals surface area contributed by atoms with Gasteiger partial charge in [0, 0.05) is 30.9 Å². The molecule has 1 aromatic heterocycles. The smallest absolute Gasteiger partial charge is 0.0843 e. The van der Waals surface area contributed by atoms with Gasteiger partial charge in [0.15, 0.2) is 0 Å². The molecule has 0 unspecified atom stereocenters. The Balaban J connectivity index is 2.31. The average Bonchev–Trinajstić information content (AvgIpc) is 2.57. The van der Waals surface area contributed by atoms with E-state index >= 15 is 0 Å². The molecule has 0 saturated heterocycles. The molecule has 4 heteroatoms. The van der Waals surface area contributed by atoms with Crippen molar-refractivity contribution in [1.29, 1.82) is 0 Å². The van der Waals surface area contributed by atoms with Gasteiger partial charge >= 0.3 is 0 Å². The lowest BCUT2D eigenvalue weighted by Crippen LogP contribution is -2.20. The van der Waals surface area contributed by atoms with Gasteiger partial charge in [0.05, 0.1) is 11.2 Å². The van der Waals surface area contributed by atoms with Crippen molar-refractivity contribution in [2.75, 3.05) is 18.9 Å². The van der Waals surface area contributed by atoms with Crippen LogP contribution in [0.3, 0.4) is 0 Å². The van der Waals surface area contributed by atoms with Crippen LogP contribution in [0.2, 0.25) is 0 Å². The monoisotopic (exact) mass is 281 g/mol. The van der Waals surface area contributed by atoms with E-state index in [2.05, 4.69) is 57.2 Å². The largest absolute Gasteiger partial charge is 0.300 e. The van der Waals surface area contributed by atoms with Gasteiger partial charge in [-0.05, 0) is 13.1 Å². The molecule has 0 radical (unpaired) electrons. The average molecular weight is 282 g/mol. The van der Waals surface area contributed by atoms with E-state index in [4.69, 9.17) is 0 Å². The predicted molar refractivity (Wildman–Crippen MR) is 70.8 cm³/mol. The SMILES string of the molecule is CN(CCBr)Cc1nn(C)c2ccccc12. The second-order valence-electron chi connectivity index (χ2n) is 4.01. The molecule has 0 aliphatic heterocycles. The molecule has 0 fully saturated rings. The van der Waals surface area contributed by atoms with E-state index in [1.54, 1.807) is 0 Å². The van der Waals surface area contributed by atoms with Crippen molar-refractivity contribution in [3.8, 4) is 0 Å². The van der Waals surface area contributed by atoms with E-state index in [1.807, 2.05) is 11.7 Å². The maximum atomic E-state index is 4.57. The van der Waals surface area contributed by atoms with Gasteiger partial charge in [-0.2, -0.15) is 5.10 Å². The lowest BCUT2D eigenvalue weighted by atomic mass is 10.2. The van der Waals surface area contributed by atoms with E-state index < -0.39 is 0 Å². The van der Waals surface area contributed by atoms with Crippen molar-refractivity contribution in [3.63, 3.8) is 0 Å². The third kappa shape index (κ3) is 2.28. The first-order valence-electron chi connectivity index (χ1n) is 5.37. The number of rotatable bonds is 4. The minimum absolute atomic E-state index is 0.896. The maximum absolute atomic E-state index is 4.57. The Bertz CT molecular complexity index is 478. The van der Waals surface area contributed by atoms with Crippen LogP contribution in [0, 0.1) is 0 Å². The quantitative estimate of drug-likeness (QED) is 0.803. The van der Waals surface area contributed by atoms with Crippen molar-refractivity contribution in [2.45, 2.75) is 6.54 Å². The number of nitrogens with zero attached hydrogens (tertiary/aromatic N) is 3. The van der Waals surface area contributed by atoms with Crippen molar-refractivity contribution in [3.05, 3.63) is 30.0 Å². The fourth-order valence-corrected chi connectivity index (χ4v) is 2.49. The minimum Gasteiger partial charge on any atom is -0.300 e. The van der Waals surface area contributed by atoms with E-state index in [0.717, 1.165) is 24.1 Å². The van der Waals surface area contributed by atoms with Gasteiger partial charge in [-0.25, -0.2) is 0 Å². The number of fused-ring (bicyclic) bond motifs is 1. The third-order valence-corrected chi connectivity index (χ3v) is 3.07.